The first kappa shape index (κ1) is 9.40. The van der Waals surface area contributed by atoms with E-state index >= 15 is 0 Å². The molecule has 0 aliphatic heterocycles. The molecule has 0 amide bonds. The van der Waals surface area contributed by atoms with E-state index in [0.29, 0.717) is 22.2 Å². The Kier molecular flexibility index (Phi) is 2.37. The molecule has 1 fully saturated rings. The molecule has 0 unspecified atom stereocenters. The number of hydrogen-bond acceptors (Lipinski definition) is 4. The third-order valence-electron chi connectivity index (χ3n) is 2.23. The third kappa shape index (κ3) is 1.57. The number of rotatable bonds is 3. The van der Waals surface area contributed by atoms with E-state index in [9.17, 15) is 4.79 Å². The van der Waals surface area contributed by atoms with Crippen LogP contribution in [0, 0.1) is 0 Å². The number of hydrogen-bond donors (Lipinski definition) is 1. The lowest BCUT2D eigenvalue weighted by molar-refractivity contribution is 0.111. The van der Waals surface area contributed by atoms with Crippen molar-refractivity contribution in [2.24, 2.45) is 0 Å². The Morgan fingerprint density at radius 1 is 1.43 bits per heavy atom. The molecule has 0 atom stereocenters. The summed E-state index contributed by atoms with van der Waals surface area (Å²) in [7, 11) is 0. The lowest BCUT2D eigenvalue weighted by atomic mass is 10.2. The summed E-state index contributed by atoms with van der Waals surface area (Å²) in [5.41, 5.74) is 1.01. The van der Waals surface area contributed by atoms with Crippen LogP contribution in [0.2, 0.25) is 0 Å². The highest BCUT2D eigenvalue weighted by atomic mass is 32.1. The molecule has 1 heterocycles. The van der Waals surface area contributed by atoms with E-state index in [1.54, 1.807) is 6.08 Å². The number of carbonyl (C=O) groups is 1. The first-order valence-corrected chi connectivity index (χ1v) is 4.89. The van der Waals surface area contributed by atoms with E-state index < -0.39 is 0 Å². The number of nitrogens with zero attached hydrogens (tertiary/aromatic N) is 2. The van der Waals surface area contributed by atoms with Gasteiger partial charge in [-0.05, 0) is 12.8 Å². The van der Waals surface area contributed by atoms with Gasteiger partial charge in [0.2, 0.25) is 0 Å². The number of aldehydes is 1. The topological polar surface area (TPSA) is 42.9 Å². The monoisotopic (exact) mass is 206 g/mol. The van der Waals surface area contributed by atoms with Crippen molar-refractivity contribution in [2.45, 2.75) is 23.8 Å². The molecule has 0 saturated heterocycles. The fourth-order valence-electron chi connectivity index (χ4n) is 1.30. The Morgan fingerprint density at radius 3 is 2.64 bits per heavy atom. The molecule has 0 spiro atoms. The van der Waals surface area contributed by atoms with Crippen LogP contribution in [0.4, 0.5) is 0 Å². The molecule has 3 nitrogen and oxygen atoms in total. The van der Waals surface area contributed by atoms with Crippen LogP contribution in [0.5, 0.6) is 0 Å². The molecule has 1 aliphatic rings. The highest BCUT2D eigenvalue weighted by molar-refractivity contribution is 7.80. The summed E-state index contributed by atoms with van der Waals surface area (Å²) in [6.07, 6.45) is 4.50. The maximum Gasteiger partial charge on any atom is 0.169 e. The maximum absolute atomic E-state index is 10.8. The van der Waals surface area contributed by atoms with E-state index in [1.807, 2.05) is 0 Å². The molecule has 1 saturated carbocycles. The van der Waals surface area contributed by atoms with Crippen molar-refractivity contribution in [3.63, 3.8) is 0 Å². The van der Waals surface area contributed by atoms with E-state index in [2.05, 4.69) is 29.2 Å². The molecule has 0 bridgehead atoms. The highest BCUT2D eigenvalue weighted by Gasteiger charge is 2.27. The quantitative estimate of drug-likeness (QED) is 0.468. The molecule has 1 aliphatic carbocycles. The Balaban J connectivity index is 2.53. The van der Waals surface area contributed by atoms with Gasteiger partial charge in [-0.2, -0.15) is 0 Å². The van der Waals surface area contributed by atoms with Gasteiger partial charge in [-0.1, -0.05) is 12.7 Å². The summed E-state index contributed by atoms with van der Waals surface area (Å²) in [5.74, 6) is 1.17. The lowest BCUT2D eigenvalue weighted by Gasteiger charge is -2.04. The zero-order chi connectivity index (χ0) is 10.1. The van der Waals surface area contributed by atoms with Crippen molar-refractivity contribution in [1.82, 2.24) is 9.97 Å². The SMILES string of the molecule is C=Cc1c(S)nc(C2CC2)nc1C=O. The van der Waals surface area contributed by atoms with Gasteiger partial charge in [-0.3, -0.25) is 4.79 Å². The van der Waals surface area contributed by atoms with E-state index in [0.717, 1.165) is 25.0 Å². The van der Waals surface area contributed by atoms with Crippen LogP contribution in [-0.4, -0.2) is 16.3 Å². The van der Waals surface area contributed by atoms with Gasteiger partial charge in [-0.25, -0.2) is 9.97 Å². The standard InChI is InChI=1S/C10H10N2OS/c1-2-7-8(5-13)11-9(6-3-4-6)12-10(7)14/h2,5-6H,1,3-4H2,(H,11,12,14). The van der Waals surface area contributed by atoms with Crippen LogP contribution in [0.1, 0.15) is 40.6 Å². The van der Waals surface area contributed by atoms with E-state index in [1.165, 1.54) is 0 Å². The van der Waals surface area contributed by atoms with Gasteiger partial charge in [-0.15, -0.1) is 12.6 Å². The van der Waals surface area contributed by atoms with Crippen LogP contribution in [0.3, 0.4) is 0 Å². The first-order valence-electron chi connectivity index (χ1n) is 4.44. The summed E-state index contributed by atoms with van der Waals surface area (Å²) in [6, 6.07) is 0. The predicted octanol–water partition coefficient (Wildman–Crippen LogP) is 2.10. The summed E-state index contributed by atoms with van der Waals surface area (Å²) < 4.78 is 0. The van der Waals surface area contributed by atoms with Gasteiger partial charge in [0.05, 0.1) is 0 Å². The minimum atomic E-state index is 0.391. The van der Waals surface area contributed by atoms with Gasteiger partial charge in [0.15, 0.2) is 6.29 Å². The van der Waals surface area contributed by atoms with Crippen LogP contribution in [-0.2, 0) is 0 Å². The Bertz CT molecular complexity index is 399. The minimum absolute atomic E-state index is 0.391. The van der Waals surface area contributed by atoms with Gasteiger partial charge in [0, 0.05) is 11.5 Å². The smallest absolute Gasteiger partial charge is 0.169 e. The molecule has 0 N–H and O–H groups in total. The maximum atomic E-state index is 10.8. The Morgan fingerprint density at radius 2 is 2.14 bits per heavy atom. The van der Waals surface area contributed by atoms with Gasteiger partial charge >= 0.3 is 0 Å². The molecule has 0 radical (unpaired) electrons. The van der Waals surface area contributed by atoms with Crippen molar-refractivity contribution >= 4 is 25.0 Å². The Labute approximate surface area is 87.7 Å². The molecular formula is C10H10N2OS. The van der Waals surface area contributed by atoms with Crippen LogP contribution in [0.15, 0.2) is 11.6 Å². The van der Waals surface area contributed by atoms with Crippen molar-refractivity contribution < 1.29 is 4.79 Å². The van der Waals surface area contributed by atoms with Crippen molar-refractivity contribution in [3.8, 4) is 0 Å². The third-order valence-corrected chi connectivity index (χ3v) is 2.57. The second kappa shape index (κ2) is 3.53. The summed E-state index contributed by atoms with van der Waals surface area (Å²) >= 11 is 4.21. The van der Waals surface area contributed by atoms with Crippen LogP contribution in [0.25, 0.3) is 6.08 Å². The predicted molar refractivity (Wildman–Crippen MR) is 56.7 cm³/mol. The number of aromatic nitrogens is 2. The zero-order valence-corrected chi connectivity index (χ0v) is 8.50. The van der Waals surface area contributed by atoms with Crippen molar-refractivity contribution in [1.29, 1.82) is 0 Å². The van der Waals surface area contributed by atoms with E-state index in [-0.39, 0.29) is 0 Å². The zero-order valence-electron chi connectivity index (χ0n) is 7.60. The Hall–Kier alpha value is -1.16. The molecule has 0 aromatic carbocycles. The molecule has 2 rings (SSSR count). The van der Waals surface area contributed by atoms with Gasteiger partial charge in [0.1, 0.15) is 16.5 Å². The highest BCUT2D eigenvalue weighted by Crippen LogP contribution is 2.38. The van der Waals surface area contributed by atoms with E-state index in [4.69, 9.17) is 0 Å². The molecule has 1 aromatic heterocycles. The second-order valence-corrected chi connectivity index (χ2v) is 3.72. The van der Waals surface area contributed by atoms with Crippen LogP contribution < -0.4 is 0 Å². The molecule has 14 heavy (non-hydrogen) atoms. The normalized spacial score (nSPS) is 15.2. The fraction of sp³-hybridized carbons (Fsp3) is 0.300. The fourth-order valence-corrected chi connectivity index (χ4v) is 1.61. The van der Waals surface area contributed by atoms with Crippen molar-refractivity contribution in [3.05, 3.63) is 23.7 Å². The minimum Gasteiger partial charge on any atom is -0.296 e. The first-order chi connectivity index (χ1) is 6.76. The molecular weight excluding hydrogens is 196 g/mol. The van der Waals surface area contributed by atoms with Crippen molar-refractivity contribution in [2.75, 3.05) is 0 Å². The second-order valence-electron chi connectivity index (χ2n) is 3.30. The molecule has 1 aromatic rings. The average Bonchev–Trinajstić information content (AvgIpc) is 2.99. The van der Waals surface area contributed by atoms with Gasteiger partial charge in [0.25, 0.3) is 0 Å². The van der Waals surface area contributed by atoms with Gasteiger partial charge < -0.3 is 0 Å². The average molecular weight is 206 g/mol. The summed E-state index contributed by atoms with van der Waals surface area (Å²) in [6.45, 7) is 3.60. The summed E-state index contributed by atoms with van der Waals surface area (Å²) in [5, 5.41) is 0.541. The lowest BCUT2D eigenvalue weighted by Crippen LogP contribution is -2.02. The summed E-state index contributed by atoms with van der Waals surface area (Å²) in [4.78, 5) is 19.2. The number of carbonyl (C=O) groups excluding carboxylic acids is 1. The van der Waals surface area contributed by atoms with Crippen LogP contribution >= 0.6 is 12.6 Å². The largest absolute Gasteiger partial charge is 0.296 e. The molecule has 72 valence electrons. The number of thiol groups is 1. The molecule has 4 heteroatoms.